The second-order valence-corrected chi connectivity index (χ2v) is 10.4. The quantitative estimate of drug-likeness (QED) is 0.250. The van der Waals surface area contributed by atoms with Crippen LogP contribution in [0.4, 0.5) is 0 Å². The van der Waals surface area contributed by atoms with Gasteiger partial charge in [-0.15, -0.1) is 0 Å². The second kappa shape index (κ2) is 5.24. The molecule has 2 nitrogen and oxygen atoms in total. The van der Waals surface area contributed by atoms with Crippen molar-refractivity contribution in [3.63, 3.8) is 0 Å². The van der Waals surface area contributed by atoms with E-state index in [0.29, 0.717) is 17.6 Å². The predicted molar refractivity (Wildman–Crippen MR) is 128 cm³/mol. The van der Waals surface area contributed by atoms with Crippen molar-refractivity contribution in [1.29, 1.82) is 0 Å². The molecule has 0 atom stereocenters. The van der Waals surface area contributed by atoms with Crippen molar-refractivity contribution >= 4 is 38.4 Å². The summed E-state index contributed by atoms with van der Waals surface area (Å²) in [5.41, 5.74) is 4.65. The Morgan fingerprint density at radius 3 is 1.97 bits per heavy atom. The third-order valence-electron chi connectivity index (χ3n) is 8.59. The van der Waals surface area contributed by atoms with E-state index in [1.54, 1.807) is 0 Å². The third-order valence-corrected chi connectivity index (χ3v) is 8.59. The van der Waals surface area contributed by atoms with E-state index in [-0.39, 0.29) is 16.2 Å². The fraction of sp³-hybridized carbons (Fsp3) is 0.321. The lowest BCUT2D eigenvalue weighted by Gasteiger charge is -2.44. The average Bonchev–Trinajstić information content (AvgIpc) is 3.21. The van der Waals surface area contributed by atoms with Crippen molar-refractivity contribution < 1.29 is 2.74 Å². The van der Waals surface area contributed by atoms with E-state index in [2.05, 4.69) is 82.3 Å². The molecule has 0 radical (unpaired) electrons. The molecule has 5 aromatic rings. The smallest absolute Gasteiger partial charge is 0.146 e. The van der Waals surface area contributed by atoms with Gasteiger partial charge in [0, 0.05) is 10.8 Å². The Morgan fingerprint density at radius 2 is 1.27 bits per heavy atom. The molecule has 2 heterocycles. The molecular formula is C28H28N2. The van der Waals surface area contributed by atoms with Crippen LogP contribution in [0.2, 0.25) is 0 Å². The summed E-state index contributed by atoms with van der Waals surface area (Å²) in [5.74, 6) is 0. The first-order valence-corrected chi connectivity index (χ1v) is 10.8. The monoisotopic (exact) mass is 394 g/mol. The van der Waals surface area contributed by atoms with Gasteiger partial charge >= 0.3 is 0 Å². The zero-order valence-electron chi connectivity index (χ0n) is 20.5. The molecule has 0 unspecified atom stereocenters. The molecule has 0 saturated carbocycles. The number of nitrogens with zero attached hydrogens (tertiary/aromatic N) is 2. The Morgan fingerprint density at radius 1 is 0.700 bits per heavy atom. The minimum absolute atomic E-state index is 0.109. The van der Waals surface area contributed by atoms with Crippen LogP contribution in [0.15, 0.2) is 60.6 Å². The van der Waals surface area contributed by atoms with Crippen LogP contribution in [0.3, 0.4) is 0 Å². The normalized spacial score (nSPS) is 20.1. The van der Waals surface area contributed by atoms with Gasteiger partial charge in [0.2, 0.25) is 0 Å². The van der Waals surface area contributed by atoms with Gasteiger partial charge in [0.1, 0.15) is 5.65 Å². The van der Waals surface area contributed by atoms with Gasteiger partial charge in [-0.25, -0.2) is 4.98 Å². The van der Waals surface area contributed by atoms with Crippen LogP contribution < -0.4 is 0 Å². The maximum atomic E-state index is 9.46. The molecule has 0 saturated heterocycles. The number of rotatable bonds is 0. The van der Waals surface area contributed by atoms with E-state index >= 15 is 0 Å². The standard InChI is InChI=1S/C28H28N2/c1-26(2)20-15-22-24(16-21(20)27(3,4)28(26,5)6)30-23-14-10-9-12-18(23)17-11-7-8-13-19(17)25(30)29-22/h7-16H,1-6H3/i15D,16D. The minimum Gasteiger partial charge on any atom is -0.292 e. The number of pyridine rings is 1. The van der Waals surface area contributed by atoms with E-state index in [1.807, 2.05) is 12.1 Å². The first-order valence-electron chi connectivity index (χ1n) is 11.8. The molecule has 1 aliphatic rings. The van der Waals surface area contributed by atoms with Gasteiger partial charge in [-0.3, -0.25) is 4.40 Å². The second-order valence-electron chi connectivity index (χ2n) is 10.4. The van der Waals surface area contributed by atoms with Gasteiger partial charge < -0.3 is 0 Å². The first kappa shape index (κ1) is 15.9. The van der Waals surface area contributed by atoms with E-state index in [0.717, 1.165) is 44.0 Å². The van der Waals surface area contributed by atoms with Crippen molar-refractivity contribution in [3.05, 3.63) is 71.7 Å². The highest BCUT2D eigenvalue weighted by molar-refractivity contribution is 6.13. The van der Waals surface area contributed by atoms with Gasteiger partial charge in [0.05, 0.1) is 19.3 Å². The van der Waals surface area contributed by atoms with Gasteiger partial charge in [0.15, 0.2) is 0 Å². The van der Waals surface area contributed by atoms with Crippen molar-refractivity contribution in [2.45, 2.75) is 52.4 Å². The van der Waals surface area contributed by atoms with Crippen LogP contribution in [-0.2, 0) is 10.8 Å². The topological polar surface area (TPSA) is 17.3 Å². The fourth-order valence-corrected chi connectivity index (χ4v) is 5.55. The van der Waals surface area contributed by atoms with E-state index in [1.165, 1.54) is 0 Å². The van der Waals surface area contributed by atoms with Crippen LogP contribution in [0, 0.1) is 5.41 Å². The van der Waals surface area contributed by atoms with E-state index in [9.17, 15) is 2.74 Å². The summed E-state index contributed by atoms with van der Waals surface area (Å²) in [5, 5.41) is 3.35. The SMILES string of the molecule is [2H]c1c2c(c([2H])c3c1nc1c4ccccc4c4ccccc4n13)C(C)(C)C(C)(C)C2(C)C. The molecule has 0 fully saturated rings. The molecule has 30 heavy (non-hydrogen) atoms. The number of hydrogen-bond donors (Lipinski definition) is 0. The zero-order valence-corrected chi connectivity index (χ0v) is 18.5. The van der Waals surface area contributed by atoms with Gasteiger partial charge in [-0.05, 0) is 50.9 Å². The van der Waals surface area contributed by atoms with Gasteiger partial charge in [-0.2, -0.15) is 0 Å². The first-order chi connectivity index (χ1) is 15.0. The lowest BCUT2D eigenvalue weighted by atomic mass is 9.59. The molecule has 0 bridgehead atoms. The molecule has 0 amide bonds. The van der Waals surface area contributed by atoms with Crippen molar-refractivity contribution in [2.24, 2.45) is 5.41 Å². The highest BCUT2D eigenvalue weighted by Crippen LogP contribution is 2.62. The van der Waals surface area contributed by atoms with Crippen LogP contribution in [0.1, 0.15) is 55.4 Å². The Hall–Kier alpha value is -2.87. The molecular weight excluding hydrogens is 364 g/mol. The number of aromatic nitrogens is 2. The molecule has 2 heteroatoms. The minimum atomic E-state index is -0.246. The molecule has 6 rings (SSSR count). The zero-order chi connectivity index (χ0) is 22.8. The summed E-state index contributed by atoms with van der Waals surface area (Å²) >= 11 is 0. The van der Waals surface area contributed by atoms with Crippen molar-refractivity contribution in [3.8, 4) is 0 Å². The Bertz CT molecular complexity index is 1620. The lowest BCUT2D eigenvalue weighted by Crippen LogP contribution is -2.42. The molecule has 150 valence electrons. The molecule has 0 aliphatic heterocycles. The number of para-hydroxylation sites is 1. The molecule has 1 aliphatic carbocycles. The predicted octanol–water partition coefficient (Wildman–Crippen LogP) is 7.39. The summed E-state index contributed by atoms with van der Waals surface area (Å²) < 4.78 is 20.9. The molecule has 0 N–H and O–H groups in total. The summed E-state index contributed by atoms with van der Waals surface area (Å²) in [4.78, 5) is 5.05. The molecule has 0 spiro atoms. The summed E-state index contributed by atoms with van der Waals surface area (Å²) in [6.45, 7) is 13.5. The number of fused-ring (bicyclic) bond motifs is 9. The average molecular weight is 395 g/mol. The molecule has 3 aromatic carbocycles. The highest BCUT2D eigenvalue weighted by Gasteiger charge is 2.56. The van der Waals surface area contributed by atoms with E-state index < -0.39 is 0 Å². The number of hydrogen-bond acceptors (Lipinski definition) is 1. The third kappa shape index (κ3) is 1.84. The maximum Gasteiger partial charge on any atom is 0.146 e. The largest absolute Gasteiger partial charge is 0.292 e. The maximum absolute atomic E-state index is 9.46. The van der Waals surface area contributed by atoms with E-state index in [4.69, 9.17) is 4.98 Å². The van der Waals surface area contributed by atoms with Gasteiger partial charge in [0.25, 0.3) is 0 Å². The van der Waals surface area contributed by atoms with Crippen LogP contribution in [0.5, 0.6) is 0 Å². The van der Waals surface area contributed by atoms with Crippen LogP contribution in [0.25, 0.3) is 38.4 Å². The summed E-state index contributed by atoms with van der Waals surface area (Å²) in [7, 11) is 0. The van der Waals surface area contributed by atoms with Crippen LogP contribution in [-0.4, -0.2) is 9.38 Å². The molecule has 2 aromatic heterocycles. The number of benzene rings is 3. The van der Waals surface area contributed by atoms with Crippen molar-refractivity contribution in [2.75, 3.05) is 0 Å². The summed E-state index contributed by atoms with van der Waals surface area (Å²) in [6, 6.07) is 17.7. The summed E-state index contributed by atoms with van der Waals surface area (Å²) in [6.07, 6.45) is 0. The Labute approximate surface area is 180 Å². The Balaban J connectivity index is 1.95. The van der Waals surface area contributed by atoms with Crippen molar-refractivity contribution in [1.82, 2.24) is 9.38 Å². The van der Waals surface area contributed by atoms with Crippen LogP contribution >= 0.6 is 0 Å². The Kier molecular flexibility index (Phi) is 2.78. The van der Waals surface area contributed by atoms with Gasteiger partial charge in [-0.1, -0.05) is 84.0 Å². The highest BCUT2D eigenvalue weighted by atomic mass is 15.0. The fourth-order valence-electron chi connectivity index (χ4n) is 5.55. The number of imidazole rings is 1. The lowest BCUT2D eigenvalue weighted by molar-refractivity contribution is 0.125.